The van der Waals surface area contributed by atoms with E-state index in [9.17, 15) is 0 Å². The fraction of sp³-hybridized carbons (Fsp3) is 0.588. The van der Waals surface area contributed by atoms with Crippen molar-refractivity contribution < 1.29 is 0 Å². The highest BCUT2D eigenvalue weighted by Gasteiger charge is 2.28. The van der Waals surface area contributed by atoms with Gasteiger partial charge < -0.3 is 4.90 Å². The van der Waals surface area contributed by atoms with Gasteiger partial charge in [0.05, 0.1) is 17.4 Å². The third-order valence-corrected chi connectivity index (χ3v) is 4.44. The molecule has 3 heterocycles. The van der Waals surface area contributed by atoms with Gasteiger partial charge in [-0.1, -0.05) is 0 Å². The van der Waals surface area contributed by atoms with Crippen LogP contribution in [-0.2, 0) is 6.54 Å². The number of rotatable bonds is 5. The zero-order valence-corrected chi connectivity index (χ0v) is 14.5. The molecule has 0 aromatic carbocycles. The third-order valence-electron chi connectivity index (χ3n) is 4.44. The molecule has 1 fully saturated rings. The molecule has 0 spiro atoms. The summed E-state index contributed by atoms with van der Waals surface area (Å²) in [5.74, 6) is 0.899. The standard InChI is InChI=1S/C17H26N6/c1-13(2)23-14(9-10-18-23)12-22-11-5-6-16(22)15-7-8-17(20-19-15)21(3)4/h7-10,13,16H,5-6,11-12H2,1-4H3. The number of hydrogen-bond acceptors (Lipinski definition) is 5. The molecule has 0 saturated carbocycles. The summed E-state index contributed by atoms with van der Waals surface area (Å²) < 4.78 is 2.11. The Morgan fingerprint density at radius 1 is 1.22 bits per heavy atom. The monoisotopic (exact) mass is 314 g/mol. The van der Waals surface area contributed by atoms with Crippen molar-refractivity contribution in [3.05, 3.63) is 35.8 Å². The zero-order chi connectivity index (χ0) is 16.4. The van der Waals surface area contributed by atoms with Gasteiger partial charge in [-0.15, -0.1) is 5.10 Å². The normalized spacial score (nSPS) is 18.7. The molecule has 3 rings (SSSR count). The second-order valence-corrected chi connectivity index (χ2v) is 6.70. The molecule has 1 atom stereocenters. The quantitative estimate of drug-likeness (QED) is 0.849. The molecule has 2 aromatic rings. The summed E-state index contributed by atoms with van der Waals surface area (Å²) in [5.41, 5.74) is 2.34. The summed E-state index contributed by atoms with van der Waals surface area (Å²) in [5, 5.41) is 13.2. The van der Waals surface area contributed by atoms with Crippen LogP contribution in [-0.4, -0.2) is 45.5 Å². The van der Waals surface area contributed by atoms with E-state index in [1.165, 1.54) is 12.1 Å². The van der Waals surface area contributed by atoms with Crippen LogP contribution in [0.15, 0.2) is 24.4 Å². The van der Waals surface area contributed by atoms with Crippen molar-refractivity contribution in [2.45, 2.75) is 45.3 Å². The molecule has 23 heavy (non-hydrogen) atoms. The highest BCUT2D eigenvalue weighted by atomic mass is 15.3. The highest BCUT2D eigenvalue weighted by molar-refractivity contribution is 5.35. The molecule has 6 nitrogen and oxygen atoms in total. The summed E-state index contributed by atoms with van der Waals surface area (Å²) in [4.78, 5) is 4.47. The van der Waals surface area contributed by atoms with Crippen molar-refractivity contribution in [1.82, 2.24) is 24.9 Å². The summed E-state index contributed by atoms with van der Waals surface area (Å²) in [6.45, 7) is 6.36. The number of hydrogen-bond donors (Lipinski definition) is 0. The maximum Gasteiger partial charge on any atom is 0.150 e. The Balaban J connectivity index is 1.76. The molecule has 1 aliphatic heterocycles. The lowest BCUT2D eigenvalue weighted by atomic mass is 10.1. The van der Waals surface area contributed by atoms with Crippen LogP contribution in [0.2, 0.25) is 0 Å². The Hall–Kier alpha value is -1.95. The molecule has 0 N–H and O–H groups in total. The van der Waals surface area contributed by atoms with E-state index in [0.717, 1.165) is 31.0 Å². The van der Waals surface area contributed by atoms with Crippen LogP contribution in [0.25, 0.3) is 0 Å². The van der Waals surface area contributed by atoms with E-state index < -0.39 is 0 Å². The van der Waals surface area contributed by atoms with Gasteiger partial charge in [0.15, 0.2) is 5.82 Å². The minimum atomic E-state index is 0.356. The molecule has 0 bridgehead atoms. The second-order valence-electron chi connectivity index (χ2n) is 6.70. The van der Waals surface area contributed by atoms with Crippen molar-refractivity contribution in [2.75, 3.05) is 25.5 Å². The van der Waals surface area contributed by atoms with Crippen molar-refractivity contribution in [1.29, 1.82) is 0 Å². The predicted molar refractivity (Wildman–Crippen MR) is 91.4 cm³/mol. The first kappa shape index (κ1) is 15.9. The molecule has 6 heteroatoms. The number of anilines is 1. The Kier molecular flexibility index (Phi) is 4.61. The van der Waals surface area contributed by atoms with Crippen molar-refractivity contribution in [2.24, 2.45) is 0 Å². The van der Waals surface area contributed by atoms with Gasteiger partial charge in [0.25, 0.3) is 0 Å². The summed E-state index contributed by atoms with van der Waals surface area (Å²) in [6, 6.07) is 7.04. The van der Waals surface area contributed by atoms with E-state index in [1.54, 1.807) is 0 Å². The van der Waals surface area contributed by atoms with Gasteiger partial charge in [0.2, 0.25) is 0 Å². The highest BCUT2D eigenvalue weighted by Crippen LogP contribution is 2.32. The lowest BCUT2D eigenvalue weighted by Crippen LogP contribution is -2.25. The van der Waals surface area contributed by atoms with E-state index in [4.69, 9.17) is 0 Å². The smallest absolute Gasteiger partial charge is 0.150 e. The average molecular weight is 314 g/mol. The lowest BCUT2D eigenvalue weighted by molar-refractivity contribution is 0.234. The van der Waals surface area contributed by atoms with Crippen molar-refractivity contribution in [3.63, 3.8) is 0 Å². The first-order valence-corrected chi connectivity index (χ1v) is 8.33. The molecule has 0 aliphatic carbocycles. The molecular weight excluding hydrogens is 288 g/mol. The number of likely N-dealkylation sites (tertiary alicyclic amines) is 1. The largest absolute Gasteiger partial charge is 0.361 e. The van der Waals surface area contributed by atoms with Crippen molar-refractivity contribution in [3.8, 4) is 0 Å². The van der Waals surface area contributed by atoms with Crippen LogP contribution >= 0.6 is 0 Å². The molecule has 2 aromatic heterocycles. The third kappa shape index (κ3) is 3.37. The van der Waals surface area contributed by atoms with Crippen LogP contribution in [0.3, 0.4) is 0 Å². The Morgan fingerprint density at radius 3 is 2.70 bits per heavy atom. The van der Waals surface area contributed by atoms with Gasteiger partial charge in [-0.25, -0.2) is 0 Å². The summed E-state index contributed by atoms with van der Waals surface area (Å²) in [7, 11) is 3.97. The van der Waals surface area contributed by atoms with Gasteiger partial charge in [-0.3, -0.25) is 9.58 Å². The molecule has 0 radical (unpaired) electrons. The molecule has 1 unspecified atom stereocenters. The Morgan fingerprint density at radius 2 is 2.04 bits per heavy atom. The Labute approximate surface area is 138 Å². The van der Waals surface area contributed by atoms with E-state index in [1.807, 2.05) is 25.2 Å². The SMILES string of the molecule is CC(C)n1nccc1CN1CCCC1c1ccc(N(C)C)nn1. The first-order valence-electron chi connectivity index (χ1n) is 8.33. The van der Waals surface area contributed by atoms with Crippen LogP contribution < -0.4 is 4.90 Å². The number of aromatic nitrogens is 4. The van der Waals surface area contributed by atoms with Gasteiger partial charge in [0.1, 0.15) is 0 Å². The molecule has 1 aliphatic rings. The van der Waals surface area contributed by atoms with Gasteiger partial charge in [0, 0.05) is 32.9 Å². The lowest BCUT2D eigenvalue weighted by Gasteiger charge is -2.25. The maximum absolute atomic E-state index is 4.46. The maximum atomic E-state index is 4.46. The summed E-state index contributed by atoms with van der Waals surface area (Å²) >= 11 is 0. The first-order chi connectivity index (χ1) is 11.1. The molecule has 1 saturated heterocycles. The minimum Gasteiger partial charge on any atom is -0.361 e. The fourth-order valence-electron chi connectivity index (χ4n) is 3.24. The zero-order valence-electron chi connectivity index (χ0n) is 14.5. The predicted octanol–water partition coefficient (Wildman–Crippen LogP) is 2.66. The van der Waals surface area contributed by atoms with Gasteiger partial charge in [-0.05, 0) is 51.4 Å². The van der Waals surface area contributed by atoms with Crippen LogP contribution in [0, 0.1) is 0 Å². The average Bonchev–Trinajstić information content (AvgIpc) is 3.17. The van der Waals surface area contributed by atoms with E-state index in [-0.39, 0.29) is 0 Å². The van der Waals surface area contributed by atoms with Gasteiger partial charge in [-0.2, -0.15) is 10.2 Å². The molecule has 0 amide bonds. The second kappa shape index (κ2) is 6.66. The van der Waals surface area contributed by atoms with Crippen molar-refractivity contribution >= 4 is 5.82 Å². The molecule has 124 valence electrons. The van der Waals surface area contributed by atoms with E-state index in [2.05, 4.69) is 56.9 Å². The van der Waals surface area contributed by atoms with E-state index in [0.29, 0.717) is 12.1 Å². The summed E-state index contributed by atoms with van der Waals surface area (Å²) in [6.07, 6.45) is 4.25. The minimum absolute atomic E-state index is 0.356. The van der Waals surface area contributed by atoms with Gasteiger partial charge >= 0.3 is 0 Å². The topological polar surface area (TPSA) is 50.1 Å². The van der Waals surface area contributed by atoms with Crippen LogP contribution in [0.1, 0.15) is 50.2 Å². The van der Waals surface area contributed by atoms with Crippen LogP contribution in [0.5, 0.6) is 0 Å². The molecular formula is C17H26N6. The Bertz CT molecular complexity index is 631. The fourth-order valence-corrected chi connectivity index (χ4v) is 3.24. The van der Waals surface area contributed by atoms with Crippen LogP contribution in [0.4, 0.5) is 5.82 Å². The van der Waals surface area contributed by atoms with E-state index >= 15 is 0 Å². The number of nitrogens with zero attached hydrogens (tertiary/aromatic N) is 6.